The Morgan fingerprint density at radius 2 is 1.98 bits per heavy atom. The van der Waals surface area contributed by atoms with Gasteiger partial charge < -0.3 is 24.3 Å². The average Bonchev–Trinajstić information content (AvgIpc) is 3.85. The Kier molecular flexibility index (Phi) is 12.2. The number of nitrogens with zero attached hydrogens (tertiary/aromatic N) is 6. The first-order valence-electron chi connectivity index (χ1n) is 22.7. The van der Waals surface area contributed by atoms with E-state index in [9.17, 15) is 18.8 Å². The summed E-state index contributed by atoms with van der Waals surface area (Å²) in [6, 6.07) is 7.71. The summed E-state index contributed by atoms with van der Waals surface area (Å²) in [5.74, 6) is -1.88. The minimum Gasteiger partial charge on any atom is -0.464 e. The number of halogens is 1. The monoisotopic (exact) mass is 868 g/mol. The van der Waals surface area contributed by atoms with Crippen molar-refractivity contribution in [3.8, 4) is 22.5 Å². The highest BCUT2D eigenvalue weighted by Crippen LogP contribution is 2.44. The number of piperazine rings is 1. The largest absolute Gasteiger partial charge is 0.464 e. The number of alkyl halides is 1. The average molecular weight is 869 g/mol. The molecule has 9 rings (SSSR count). The number of ether oxygens (including phenoxy) is 2. The van der Waals surface area contributed by atoms with Crippen LogP contribution in [0.4, 0.5) is 10.1 Å². The van der Waals surface area contributed by atoms with Crippen LogP contribution in [0.15, 0.2) is 35.8 Å². The van der Waals surface area contributed by atoms with Crippen LogP contribution in [0.2, 0.25) is 0 Å². The molecule has 2 N–H and O–H groups in total. The second-order valence-corrected chi connectivity index (χ2v) is 19.8. The maximum Gasteiger partial charge on any atom is 0.324 e. The molecule has 1 aliphatic carbocycles. The van der Waals surface area contributed by atoms with Gasteiger partial charge in [0.25, 0.3) is 5.91 Å². The van der Waals surface area contributed by atoms with Crippen LogP contribution in [0.25, 0.3) is 33.4 Å². The minimum atomic E-state index is -0.947. The quantitative estimate of drug-likeness (QED) is 0.190. The number of fused-ring (bicyclic) bond motifs is 7. The number of rotatable bonds is 8. The zero-order valence-corrected chi connectivity index (χ0v) is 37.6. The maximum absolute atomic E-state index is 14.2. The van der Waals surface area contributed by atoms with Crippen LogP contribution in [-0.2, 0) is 43.2 Å². The molecule has 0 radical (unpaired) electrons. The molecule has 5 aliphatic rings. The minimum absolute atomic E-state index is 0.159. The summed E-state index contributed by atoms with van der Waals surface area (Å²) < 4.78 is 28.0. The lowest BCUT2D eigenvalue weighted by molar-refractivity contribution is -0.155. The van der Waals surface area contributed by atoms with E-state index >= 15 is 0 Å². The number of anilines is 1. The highest BCUT2D eigenvalue weighted by molar-refractivity contribution is 7.10. The molecule has 62 heavy (non-hydrogen) atoms. The van der Waals surface area contributed by atoms with Crippen LogP contribution in [0, 0.1) is 17.3 Å². The lowest BCUT2D eigenvalue weighted by Crippen LogP contribution is -2.60. The first kappa shape index (κ1) is 42.8. The van der Waals surface area contributed by atoms with Gasteiger partial charge in [0.15, 0.2) is 0 Å². The number of methoxy groups -OCH3 is 1. The summed E-state index contributed by atoms with van der Waals surface area (Å²) in [5, 5.41) is 8.16. The number of aromatic nitrogens is 3. The number of aryl methyl sites for hydroxylation is 1. The van der Waals surface area contributed by atoms with Gasteiger partial charge in [0.1, 0.15) is 12.1 Å². The van der Waals surface area contributed by atoms with Crippen LogP contribution in [0.1, 0.15) is 88.6 Å². The fraction of sp³-hybridized carbons (Fsp3) is 0.596. The smallest absolute Gasteiger partial charge is 0.324 e. The molecule has 0 spiro atoms. The zero-order chi connectivity index (χ0) is 43.3. The topological polar surface area (TPSA) is 134 Å². The van der Waals surface area contributed by atoms with Crippen LogP contribution in [-0.4, -0.2) is 113 Å². The first-order chi connectivity index (χ1) is 29.9. The normalized spacial score (nSPS) is 26.1. The number of benzene rings is 1. The van der Waals surface area contributed by atoms with Crippen molar-refractivity contribution in [1.29, 1.82) is 0 Å². The Balaban J connectivity index is 1.15. The molecule has 332 valence electrons. The molecule has 7 heterocycles. The molecule has 1 aromatic carbocycles. The molecule has 4 aliphatic heterocycles. The number of carbonyl (C=O) groups excluding carboxylic acids is 3. The predicted octanol–water partition coefficient (Wildman–Crippen LogP) is 6.48. The number of thiazole rings is 1. The number of hydrazine groups is 1. The van der Waals surface area contributed by atoms with Crippen molar-refractivity contribution in [2.24, 2.45) is 17.3 Å². The van der Waals surface area contributed by atoms with Crippen molar-refractivity contribution in [2.75, 3.05) is 58.0 Å². The van der Waals surface area contributed by atoms with Crippen molar-refractivity contribution in [3.05, 3.63) is 52.1 Å². The number of hydrogen-bond acceptors (Lipinski definition) is 11. The third kappa shape index (κ3) is 8.49. The van der Waals surface area contributed by atoms with Gasteiger partial charge in [-0.05, 0) is 88.6 Å². The second-order valence-electron chi connectivity index (χ2n) is 18.9. The van der Waals surface area contributed by atoms with Gasteiger partial charge >= 0.3 is 5.97 Å². The number of esters is 1. The van der Waals surface area contributed by atoms with Gasteiger partial charge in [-0.25, -0.2) is 10.4 Å². The molecule has 1 saturated carbocycles. The molecule has 6 bridgehead atoms. The van der Waals surface area contributed by atoms with Crippen molar-refractivity contribution in [1.82, 2.24) is 35.2 Å². The SMILES string of the molecule is CCn1c(-c2cc(N3CCN4CCCC[C@@H]4C3)cnc2[C@H](C)OC)c2c3cc(ccc31)-c1csc(n1)C[C@H](NC(=O)[C@H]1C[C@@H]1CF)C(=O)N1CCC[C@H](N1)C(=O)OCC(C)(C)C2. The Morgan fingerprint density at radius 1 is 1.13 bits per heavy atom. The van der Waals surface area contributed by atoms with Crippen LogP contribution < -0.4 is 15.6 Å². The highest BCUT2D eigenvalue weighted by atomic mass is 32.1. The number of carbonyl (C=O) groups is 3. The molecule has 4 aromatic rings. The van der Waals surface area contributed by atoms with Gasteiger partial charge in [-0.15, -0.1) is 11.3 Å². The molecule has 3 aromatic heterocycles. The second kappa shape index (κ2) is 17.6. The van der Waals surface area contributed by atoms with Crippen molar-refractivity contribution in [3.63, 3.8) is 0 Å². The molecular weight excluding hydrogens is 808 g/mol. The Hall–Kier alpha value is -4.44. The number of hydrogen-bond donors (Lipinski definition) is 2. The number of amides is 2. The zero-order valence-electron chi connectivity index (χ0n) is 36.8. The summed E-state index contributed by atoms with van der Waals surface area (Å²) in [4.78, 5) is 56.7. The summed E-state index contributed by atoms with van der Waals surface area (Å²) in [6.45, 7) is 13.3. The van der Waals surface area contributed by atoms with Gasteiger partial charge in [0.2, 0.25) is 5.91 Å². The van der Waals surface area contributed by atoms with E-state index in [0.717, 1.165) is 70.0 Å². The molecule has 2 amide bonds. The van der Waals surface area contributed by atoms with E-state index in [0.29, 0.717) is 49.8 Å². The van der Waals surface area contributed by atoms with E-state index in [1.807, 2.05) is 11.6 Å². The van der Waals surface area contributed by atoms with E-state index < -0.39 is 36.1 Å². The van der Waals surface area contributed by atoms with Gasteiger partial charge in [-0.3, -0.25) is 33.7 Å². The molecule has 15 heteroatoms. The Bertz CT molecular complexity index is 2330. The summed E-state index contributed by atoms with van der Waals surface area (Å²) in [6.07, 6.45) is 7.85. The third-order valence-electron chi connectivity index (χ3n) is 13.9. The van der Waals surface area contributed by atoms with Crippen LogP contribution in [0.3, 0.4) is 0 Å². The van der Waals surface area contributed by atoms with Crippen molar-refractivity contribution >= 4 is 45.7 Å². The molecule has 13 nitrogen and oxygen atoms in total. The van der Waals surface area contributed by atoms with Crippen LogP contribution in [0.5, 0.6) is 0 Å². The summed E-state index contributed by atoms with van der Waals surface area (Å²) >= 11 is 1.44. The van der Waals surface area contributed by atoms with Crippen molar-refractivity contribution in [2.45, 2.75) is 110 Å². The lowest BCUT2D eigenvalue weighted by atomic mass is 9.84. The summed E-state index contributed by atoms with van der Waals surface area (Å²) in [7, 11) is 1.73. The van der Waals surface area contributed by atoms with Gasteiger partial charge in [-0.1, -0.05) is 26.3 Å². The number of piperidine rings is 1. The van der Waals surface area contributed by atoms with Gasteiger partial charge in [0, 0.05) is 91.0 Å². The fourth-order valence-corrected chi connectivity index (χ4v) is 11.0. The van der Waals surface area contributed by atoms with Gasteiger partial charge in [-0.2, -0.15) is 0 Å². The first-order valence-corrected chi connectivity index (χ1v) is 23.6. The third-order valence-corrected chi connectivity index (χ3v) is 14.8. The molecule has 3 saturated heterocycles. The van der Waals surface area contributed by atoms with E-state index in [4.69, 9.17) is 19.4 Å². The molecule has 6 atom stereocenters. The standard InChI is InChI=1S/C47H61FN8O5S/c1-6-55-40-13-12-29-18-34(40)36(43(55)35-20-32(24-49-42(35)28(2)60-5)54-17-16-53-14-8-7-10-31(53)25-54)22-47(3,4)27-61-46(59)37-11-9-15-56(52-37)45(58)38(21-41-50-39(29)26-62-41)51-44(57)33-19-30(33)23-48/h12-13,18,20,24,26,28,30-31,33,37-38,52H,6-11,14-17,19,21-23,25,27H2,1-5H3,(H,51,57)/t28-,30+,31+,33-,37-,38-/m0/s1. The van der Waals surface area contributed by atoms with E-state index in [-0.39, 0.29) is 36.9 Å². The number of pyridine rings is 1. The van der Waals surface area contributed by atoms with E-state index in [1.54, 1.807) is 7.11 Å². The predicted molar refractivity (Wildman–Crippen MR) is 238 cm³/mol. The lowest BCUT2D eigenvalue weighted by Gasteiger charge is -2.45. The van der Waals surface area contributed by atoms with Crippen LogP contribution >= 0.6 is 11.3 Å². The maximum atomic E-state index is 14.2. The molecule has 4 fully saturated rings. The number of nitrogens with one attached hydrogen (secondary N) is 2. The van der Waals surface area contributed by atoms with Gasteiger partial charge in [0.05, 0.1) is 53.4 Å². The fourth-order valence-electron chi connectivity index (χ4n) is 10.2. The van der Waals surface area contributed by atoms with Crippen molar-refractivity contribution < 1.29 is 28.2 Å². The van der Waals surface area contributed by atoms with E-state index in [2.05, 4.69) is 77.1 Å². The number of cyclic esters (lactones) is 1. The molecule has 0 unspecified atom stereocenters. The highest BCUT2D eigenvalue weighted by Gasteiger charge is 2.45. The Labute approximate surface area is 367 Å². The molecular formula is C47H61FN8O5S. The van der Waals surface area contributed by atoms with E-state index in [1.165, 1.54) is 42.2 Å². The Morgan fingerprint density at radius 3 is 2.77 bits per heavy atom. The summed E-state index contributed by atoms with van der Waals surface area (Å²) in [5.41, 5.74) is 10.7.